The molecule has 0 radical (unpaired) electrons. The summed E-state index contributed by atoms with van der Waals surface area (Å²) in [5.74, 6) is 1.16. The summed E-state index contributed by atoms with van der Waals surface area (Å²) in [6, 6.07) is 10.2. The average molecular weight is 354 g/mol. The second-order valence-corrected chi connectivity index (χ2v) is 6.91. The van der Waals surface area contributed by atoms with Crippen molar-refractivity contribution in [2.24, 2.45) is 5.92 Å². The highest BCUT2D eigenvalue weighted by Crippen LogP contribution is 2.22. The molecule has 1 atom stereocenters. The van der Waals surface area contributed by atoms with Crippen molar-refractivity contribution >= 4 is 11.8 Å². The van der Waals surface area contributed by atoms with Gasteiger partial charge in [0, 0.05) is 39.0 Å². The lowest BCUT2D eigenvalue weighted by atomic mass is 9.99. The van der Waals surface area contributed by atoms with Crippen molar-refractivity contribution in [1.82, 2.24) is 19.4 Å². The van der Waals surface area contributed by atoms with Gasteiger partial charge < -0.3 is 14.4 Å². The SMILES string of the molecule is CCn1ccnc1CN(C)C(=O)CN1CC(Cc2ccccc2)CC1=O. The summed E-state index contributed by atoms with van der Waals surface area (Å²) in [7, 11) is 1.76. The summed E-state index contributed by atoms with van der Waals surface area (Å²) in [5.41, 5.74) is 1.24. The van der Waals surface area contributed by atoms with Crippen LogP contribution in [-0.4, -0.2) is 51.3 Å². The Morgan fingerprint density at radius 3 is 2.81 bits per heavy atom. The van der Waals surface area contributed by atoms with E-state index in [0.29, 0.717) is 19.5 Å². The molecular formula is C20H26N4O2. The number of hydrogen-bond donors (Lipinski definition) is 0. The number of benzene rings is 1. The van der Waals surface area contributed by atoms with Crippen LogP contribution in [0.4, 0.5) is 0 Å². The van der Waals surface area contributed by atoms with E-state index in [-0.39, 0.29) is 24.3 Å². The van der Waals surface area contributed by atoms with Crippen molar-refractivity contribution in [3.05, 3.63) is 54.1 Å². The Labute approximate surface area is 154 Å². The Bertz CT molecular complexity index is 756. The number of likely N-dealkylation sites (N-methyl/N-ethyl adjacent to an activating group) is 1. The molecule has 1 aliphatic heterocycles. The molecule has 0 spiro atoms. The van der Waals surface area contributed by atoms with Crippen LogP contribution in [-0.2, 0) is 29.1 Å². The number of likely N-dealkylation sites (tertiary alicyclic amines) is 1. The monoisotopic (exact) mass is 354 g/mol. The fourth-order valence-corrected chi connectivity index (χ4v) is 3.45. The van der Waals surface area contributed by atoms with Crippen LogP contribution >= 0.6 is 0 Å². The topological polar surface area (TPSA) is 58.4 Å². The van der Waals surface area contributed by atoms with E-state index in [1.807, 2.05) is 35.9 Å². The molecule has 1 aromatic carbocycles. The van der Waals surface area contributed by atoms with Crippen LogP contribution in [0.5, 0.6) is 0 Å². The minimum absolute atomic E-state index is 0.0515. The van der Waals surface area contributed by atoms with E-state index in [1.165, 1.54) is 5.56 Å². The predicted octanol–water partition coefficient (Wildman–Crippen LogP) is 1.95. The van der Waals surface area contributed by atoms with Crippen LogP contribution in [0, 0.1) is 5.92 Å². The van der Waals surface area contributed by atoms with Gasteiger partial charge >= 0.3 is 0 Å². The van der Waals surface area contributed by atoms with Crippen LogP contribution in [0.25, 0.3) is 0 Å². The molecule has 138 valence electrons. The van der Waals surface area contributed by atoms with Gasteiger partial charge in [-0.2, -0.15) is 0 Å². The van der Waals surface area contributed by atoms with Crippen molar-refractivity contribution in [3.63, 3.8) is 0 Å². The number of carbonyl (C=O) groups is 2. The van der Waals surface area contributed by atoms with Gasteiger partial charge in [0.05, 0.1) is 13.1 Å². The summed E-state index contributed by atoms with van der Waals surface area (Å²) >= 11 is 0. The van der Waals surface area contributed by atoms with Gasteiger partial charge in [-0.1, -0.05) is 30.3 Å². The minimum atomic E-state index is -0.0515. The fourth-order valence-electron chi connectivity index (χ4n) is 3.45. The van der Waals surface area contributed by atoms with Gasteiger partial charge in [0.1, 0.15) is 5.82 Å². The standard InChI is InChI=1S/C20H26N4O2/c1-3-23-10-9-21-18(23)14-22(2)20(26)15-24-13-17(12-19(24)25)11-16-7-5-4-6-8-16/h4-10,17H,3,11-15H2,1-2H3. The molecule has 1 unspecified atom stereocenters. The maximum Gasteiger partial charge on any atom is 0.242 e. The molecule has 3 rings (SSSR count). The molecule has 1 aromatic heterocycles. The molecule has 2 heterocycles. The van der Waals surface area contributed by atoms with Gasteiger partial charge in [0.2, 0.25) is 11.8 Å². The van der Waals surface area contributed by atoms with Gasteiger partial charge in [-0.15, -0.1) is 0 Å². The van der Waals surface area contributed by atoms with Crippen LogP contribution in [0.2, 0.25) is 0 Å². The van der Waals surface area contributed by atoms with Gasteiger partial charge in [-0.05, 0) is 24.8 Å². The quantitative estimate of drug-likeness (QED) is 0.764. The molecule has 2 aromatic rings. The molecule has 0 bridgehead atoms. The van der Waals surface area contributed by atoms with Gasteiger partial charge in [0.25, 0.3) is 0 Å². The first-order valence-electron chi connectivity index (χ1n) is 9.12. The van der Waals surface area contributed by atoms with E-state index < -0.39 is 0 Å². The lowest BCUT2D eigenvalue weighted by Gasteiger charge is -2.22. The van der Waals surface area contributed by atoms with Crippen molar-refractivity contribution in [2.75, 3.05) is 20.1 Å². The summed E-state index contributed by atoms with van der Waals surface area (Å²) in [6.07, 6.45) is 5.05. The highest BCUT2D eigenvalue weighted by molar-refractivity contribution is 5.86. The average Bonchev–Trinajstić information content (AvgIpc) is 3.22. The van der Waals surface area contributed by atoms with Gasteiger partial charge in [0.15, 0.2) is 0 Å². The first-order chi connectivity index (χ1) is 12.6. The highest BCUT2D eigenvalue weighted by Gasteiger charge is 2.31. The largest absolute Gasteiger partial charge is 0.337 e. The van der Waals surface area contributed by atoms with Crippen LogP contribution < -0.4 is 0 Å². The molecule has 6 heteroatoms. The number of amides is 2. The van der Waals surface area contributed by atoms with E-state index >= 15 is 0 Å². The lowest BCUT2D eigenvalue weighted by molar-refractivity contribution is -0.137. The Kier molecular flexibility index (Phi) is 5.71. The summed E-state index contributed by atoms with van der Waals surface area (Å²) in [5, 5.41) is 0. The number of nitrogens with zero attached hydrogens (tertiary/aromatic N) is 4. The molecule has 6 nitrogen and oxygen atoms in total. The third-order valence-electron chi connectivity index (χ3n) is 4.93. The second-order valence-electron chi connectivity index (χ2n) is 6.91. The molecule has 2 amide bonds. The number of aromatic nitrogens is 2. The first kappa shape index (κ1) is 18.2. The molecular weight excluding hydrogens is 328 g/mol. The highest BCUT2D eigenvalue weighted by atomic mass is 16.2. The fraction of sp³-hybridized carbons (Fsp3) is 0.450. The van der Waals surface area contributed by atoms with Crippen LogP contribution in [0.1, 0.15) is 24.7 Å². The Hall–Kier alpha value is -2.63. The van der Waals surface area contributed by atoms with Crippen molar-refractivity contribution in [3.8, 4) is 0 Å². The normalized spacial score (nSPS) is 16.9. The zero-order valence-corrected chi connectivity index (χ0v) is 15.5. The molecule has 1 fully saturated rings. The summed E-state index contributed by atoms with van der Waals surface area (Å²) < 4.78 is 2.01. The second kappa shape index (κ2) is 8.17. The van der Waals surface area contributed by atoms with E-state index in [4.69, 9.17) is 0 Å². The van der Waals surface area contributed by atoms with Gasteiger partial charge in [-0.3, -0.25) is 9.59 Å². The van der Waals surface area contributed by atoms with Crippen LogP contribution in [0.15, 0.2) is 42.7 Å². The lowest BCUT2D eigenvalue weighted by Crippen LogP contribution is -2.39. The molecule has 0 N–H and O–H groups in total. The summed E-state index contributed by atoms with van der Waals surface area (Å²) in [6.45, 7) is 4.12. The van der Waals surface area contributed by atoms with Crippen LogP contribution in [0.3, 0.4) is 0 Å². The molecule has 0 saturated carbocycles. The van der Waals surface area contributed by atoms with Crippen molar-refractivity contribution < 1.29 is 9.59 Å². The van der Waals surface area contributed by atoms with E-state index in [1.54, 1.807) is 23.0 Å². The predicted molar refractivity (Wildman–Crippen MR) is 99.2 cm³/mol. The number of carbonyl (C=O) groups excluding carboxylic acids is 2. The van der Waals surface area contributed by atoms with E-state index in [0.717, 1.165) is 18.8 Å². The third kappa shape index (κ3) is 4.31. The Morgan fingerprint density at radius 2 is 2.08 bits per heavy atom. The maximum atomic E-state index is 12.5. The number of aryl methyl sites for hydroxylation is 1. The minimum Gasteiger partial charge on any atom is -0.337 e. The molecule has 1 saturated heterocycles. The smallest absolute Gasteiger partial charge is 0.242 e. The summed E-state index contributed by atoms with van der Waals surface area (Å²) in [4.78, 5) is 32.5. The third-order valence-corrected chi connectivity index (χ3v) is 4.93. The van der Waals surface area contributed by atoms with Gasteiger partial charge in [-0.25, -0.2) is 4.98 Å². The number of imidazole rings is 1. The number of rotatable bonds is 7. The van der Waals surface area contributed by atoms with Crippen molar-refractivity contribution in [1.29, 1.82) is 0 Å². The molecule has 26 heavy (non-hydrogen) atoms. The maximum absolute atomic E-state index is 12.5. The van der Waals surface area contributed by atoms with Crippen molar-refractivity contribution in [2.45, 2.75) is 32.9 Å². The molecule has 1 aliphatic rings. The Balaban J connectivity index is 1.53. The molecule has 0 aliphatic carbocycles. The Morgan fingerprint density at radius 1 is 1.31 bits per heavy atom. The zero-order valence-electron chi connectivity index (χ0n) is 15.5. The van der Waals surface area contributed by atoms with E-state index in [9.17, 15) is 9.59 Å². The number of hydrogen-bond acceptors (Lipinski definition) is 3. The zero-order chi connectivity index (χ0) is 18.5. The van der Waals surface area contributed by atoms with E-state index in [2.05, 4.69) is 17.1 Å². The first-order valence-corrected chi connectivity index (χ1v) is 9.12.